The Kier molecular flexibility index (Phi) is 7.97. The second-order valence-electron chi connectivity index (χ2n) is 7.26. The summed E-state index contributed by atoms with van der Waals surface area (Å²) in [5.41, 5.74) is 0. The van der Waals surface area contributed by atoms with Crippen LogP contribution < -0.4 is 0 Å². The third-order valence-corrected chi connectivity index (χ3v) is 5.10. The predicted octanol–water partition coefficient (Wildman–Crippen LogP) is -5.04. The number of hydrogen-bond donors (Lipinski definition) is 4. The molecule has 0 amide bonds. The first-order chi connectivity index (χ1) is 17.2. The van der Waals surface area contributed by atoms with Crippen molar-refractivity contribution >= 4 is 0 Å². The van der Waals surface area contributed by atoms with Crippen LogP contribution in [0.3, 0.4) is 0 Å². The first-order valence-electron chi connectivity index (χ1n) is 10.7. The summed E-state index contributed by atoms with van der Waals surface area (Å²) >= 11 is 0. The summed E-state index contributed by atoms with van der Waals surface area (Å²) in [5, 5.41) is 85.5. The molecule has 0 aliphatic rings. The lowest BCUT2D eigenvalue weighted by atomic mass is 9.91. The number of aromatic nitrogens is 16. The molecule has 188 valence electrons. The fourth-order valence-corrected chi connectivity index (χ4v) is 3.61. The van der Waals surface area contributed by atoms with Gasteiger partial charge in [-0.2, -0.15) is 4.80 Å². The van der Waals surface area contributed by atoms with Crippen molar-refractivity contribution in [2.24, 2.45) is 0 Å². The minimum Gasteiger partial charge on any atom is -0.394 e. The molecule has 0 radical (unpaired) electrons. The monoisotopic (exact) mass is 492 g/mol. The van der Waals surface area contributed by atoms with Crippen LogP contribution in [0.1, 0.15) is 41.6 Å². The van der Waals surface area contributed by atoms with Gasteiger partial charge in [-0.25, -0.2) is 14.0 Å². The molecule has 0 fully saturated rings. The van der Waals surface area contributed by atoms with Crippen LogP contribution in [-0.2, 0) is 26.2 Å². The predicted molar refractivity (Wildman–Crippen MR) is 108 cm³/mol. The van der Waals surface area contributed by atoms with Gasteiger partial charge in [-0.15, -0.1) is 25.5 Å². The van der Waals surface area contributed by atoms with E-state index in [0.717, 1.165) is 0 Å². The van der Waals surface area contributed by atoms with Gasteiger partial charge in [0, 0.05) is 0 Å². The maximum Gasteiger partial charge on any atom is 0.185 e. The molecular formula is C15H24N16O4. The van der Waals surface area contributed by atoms with Crippen LogP contribution in [0, 0.1) is 0 Å². The van der Waals surface area contributed by atoms with Gasteiger partial charge in [-0.1, -0.05) is 0 Å². The summed E-state index contributed by atoms with van der Waals surface area (Å²) in [6, 6.07) is 0. The quantitative estimate of drug-likeness (QED) is 0.128. The summed E-state index contributed by atoms with van der Waals surface area (Å²) in [5.74, 6) is -0.0709. The van der Waals surface area contributed by atoms with E-state index in [4.69, 9.17) is 0 Å². The Labute approximate surface area is 196 Å². The Balaban J connectivity index is 1.81. The van der Waals surface area contributed by atoms with Crippen LogP contribution in [-0.4, -0.2) is 128 Å². The summed E-state index contributed by atoms with van der Waals surface area (Å²) in [6.45, 7) is -0.299. The van der Waals surface area contributed by atoms with E-state index < -0.39 is 11.8 Å². The maximum atomic E-state index is 9.47. The largest absolute Gasteiger partial charge is 0.394 e. The van der Waals surface area contributed by atoms with Gasteiger partial charge in [0.2, 0.25) is 0 Å². The minimum atomic E-state index is -0.687. The van der Waals surface area contributed by atoms with Crippen LogP contribution in [0.4, 0.5) is 0 Å². The molecule has 20 nitrogen and oxygen atoms in total. The second kappa shape index (κ2) is 11.5. The zero-order valence-corrected chi connectivity index (χ0v) is 18.5. The van der Waals surface area contributed by atoms with Crippen LogP contribution >= 0.6 is 0 Å². The molecule has 35 heavy (non-hydrogen) atoms. The number of aliphatic hydroxyl groups is 4. The molecule has 4 N–H and O–H groups in total. The normalized spacial score (nSPS) is 12.6. The summed E-state index contributed by atoms with van der Waals surface area (Å²) in [4.78, 5) is 1.24. The van der Waals surface area contributed by atoms with E-state index in [-0.39, 0.29) is 64.9 Å². The zero-order valence-electron chi connectivity index (χ0n) is 18.5. The van der Waals surface area contributed by atoms with Crippen molar-refractivity contribution < 1.29 is 20.4 Å². The van der Waals surface area contributed by atoms with Gasteiger partial charge in [-0.05, 0) is 42.9 Å². The molecule has 0 bridgehead atoms. The van der Waals surface area contributed by atoms with Gasteiger partial charge in [0.1, 0.15) is 0 Å². The van der Waals surface area contributed by atoms with Crippen molar-refractivity contribution in [2.45, 2.75) is 44.4 Å². The van der Waals surface area contributed by atoms with Gasteiger partial charge >= 0.3 is 0 Å². The Bertz CT molecular complexity index is 1140. The number of tetrazole rings is 4. The zero-order chi connectivity index (χ0) is 24.6. The van der Waals surface area contributed by atoms with E-state index in [1.54, 1.807) is 0 Å². The number of rotatable bonds is 14. The third kappa shape index (κ3) is 5.29. The van der Waals surface area contributed by atoms with Gasteiger partial charge in [0.05, 0.1) is 64.4 Å². The number of nitrogens with zero attached hydrogens (tertiary/aromatic N) is 16. The van der Waals surface area contributed by atoms with Crippen LogP contribution in [0.25, 0.3) is 0 Å². The average molecular weight is 492 g/mol. The maximum absolute atomic E-state index is 9.47. The van der Waals surface area contributed by atoms with Crippen molar-refractivity contribution in [3.8, 4) is 0 Å². The molecule has 4 heterocycles. The molecule has 0 saturated carbocycles. The molecule has 20 heteroatoms. The standard InChI is InChI=1S/C15H24N16O4/c32-5-1-28-13(17-21-25-28)10(12-16-24-31(20-12)4-8-35)9-11(14-18-22-26-29(14)2-6-33)15-19-23-27-30(15)3-7-34/h10-11,32-35H,1-9H2. The van der Waals surface area contributed by atoms with Gasteiger partial charge in [0.15, 0.2) is 23.3 Å². The minimum absolute atomic E-state index is 0.123. The summed E-state index contributed by atoms with van der Waals surface area (Å²) in [6.07, 6.45) is 0.161. The molecule has 1 atom stereocenters. The first kappa shape index (κ1) is 24.3. The molecular weight excluding hydrogens is 468 g/mol. The molecule has 4 aromatic heterocycles. The first-order valence-corrected chi connectivity index (χ1v) is 10.7. The van der Waals surface area contributed by atoms with Gasteiger partial charge < -0.3 is 20.4 Å². The lowest BCUT2D eigenvalue weighted by Crippen LogP contribution is -2.23. The molecule has 0 spiro atoms. The summed E-state index contributed by atoms with van der Waals surface area (Å²) < 4.78 is 4.26. The molecule has 1 unspecified atom stereocenters. The van der Waals surface area contributed by atoms with Crippen molar-refractivity contribution in [1.82, 2.24) is 80.8 Å². The van der Waals surface area contributed by atoms with Gasteiger partial charge in [-0.3, -0.25) is 0 Å². The summed E-state index contributed by atoms with van der Waals surface area (Å²) in [7, 11) is 0. The fraction of sp³-hybridized carbons (Fsp3) is 0.733. The SMILES string of the molecule is OCCn1nnc(C(CC(c2nnnn2CCO)c2nnnn2CCO)c2nnnn2CCO)n1. The smallest absolute Gasteiger partial charge is 0.185 e. The van der Waals surface area contributed by atoms with E-state index in [0.29, 0.717) is 17.5 Å². The highest BCUT2D eigenvalue weighted by atomic mass is 16.3. The van der Waals surface area contributed by atoms with Crippen LogP contribution in [0.2, 0.25) is 0 Å². The van der Waals surface area contributed by atoms with E-state index in [2.05, 4.69) is 62.0 Å². The van der Waals surface area contributed by atoms with Crippen molar-refractivity contribution in [3.63, 3.8) is 0 Å². The van der Waals surface area contributed by atoms with Crippen molar-refractivity contribution in [2.75, 3.05) is 26.4 Å². The highest BCUT2D eigenvalue weighted by Gasteiger charge is 2.35. The molecule has 4 rings (SSSR count). The van der Waals surface area contributed by atoms with E-state index in [1.807, 2.05) is 0 Å². The average Bonchev–Trinajstić information content (AvgIpc) is 3.65. The van der Waals surface area contributed by atoms with E-state index >= 15 is 0 Å². The Morgan fingerprint density at radius 2 is 1.00 bits per heavy atom. The third-order valence-electron chi connectivity index (χ3n) is 5.10. The molecule has 4 aromatic rings. The Morgan fingerprint density at radius 3 is 1.46 bits per heavy atom. The van der Waals surface area contributed by atoms with E-state index in [1.165, 1.54) is 18.8 Å². The topological polar surface area (TPSA) is 255 Å². The lowest BCUT2D eigenvalue weighted by Gasteiger charge is -2.20. The Morgan fingerprint density at radius 1 is 0.543 bits per heavy atom. The molecule has 0 aliphatic heterocycles. The van der Waals surface area contributed by atoms with Crippen molar-refractivity contribution in [1.29, 1.82) is 0 Å². The van der Waals surface area contributed by atoms with Gasteiger partial charge in [0.25, 0.3) is 0 Å². The Hall–Kier alpha value is -3.88. The van der Waals surface area contributed by atoms with Crippen LogP contribution in [0.5, 0.6) is 0 Å². The second-order valence-corrected chi connectivity index (χ2v) is 7.26. The van der Waals surface area contributed by atoms with Crippen molar-refractivity contribution in [3.05, 3.63) is 23.3 Å². The highest BCUT2D eigenvalue weighted by molar-refractivity contribution is 5.17. The van der Waals surface area contributed by atoms with E-state index in [9.17, 15) is 20.4 Å². The molecule has 0 saturated heterocycles. The van der Waals surface area contributed by atoms with Crippen LogP contribution in [0.15, 0.2) is 0 Å². The fourth-order valence-electron chi connectivity index (χ4n) is 3.61. The molecule has 0 aromatic carbocycles. The molecule has 0 aliphatic carbocycles. The number of aliphatic hydroxyl groups excluding tert-OH is 4. The number of hydrogen-bond acceptors (Lipinski definition) is 16. The lowest BCUT2D eigenvalue weighted by molar-refractivity contribution is 0.257. The highest BCUT2D eigenvalue weighted by Crippen LogP contribution is 2.34.